The topological polar surface area (TPSA) is 59.9 Å². The van der Waals surface area contributed by atoms with Crippen LogP contribution in [0.2, 0.25) is 0 Å². The SMILES string of the molecule is COc1cc(OC)cc(C2=NC(C(C)C)C(=O)N2)c1. The first-order valence-electron chi connectivity index (χ1n) is 6.17. The third-order valence-corrected chi connectivity index (χ3v) is 3.03. The first-order valence-corrected chi connectivity index (χ1v) is 6.17. The third-order valence-electron chi connectivity index (χ3n) is 3.03. The Kier molecular flexibility index (Phi) is 3.74. The molecular formula is C14H18N2O3. The summed E-state index contributed by atoms with van der Waals surface area (Å²) in [4.78, 5) is 16.3. The van der Waals surface area contributed by atoms with Crippen LogP contribution in [0.1, 0.15) is 19.4 Å². The highest BCUT2D eigenvalue weighted by molar-refractivity contribution is 6.14. The number of carbonyl (C=O) groups is 1. The molecule has 0 spiro atoms. The maximum Gasteiger partial charge on any atom is 0.250 e. The van der Waals surface area contributed by atoms with Crippen molar-refractivity contribution in [2.45, 2.75) is 19.9 Å². The van der Waals surface area contributed by atoms with Crippen LogP contribution in [0.4, 0.5) is 0 Å². The highest BCUT2D eigenvalue weighted by Crippen LogP contribution is 2.24. The number of nitrogens with zero attached hydrogens (tertiary/aromatic N) is 1. The van der Waals surface area contributed by atoms with Gasteiger partial charge >= 0.3 is 0 Å². The molecule has 0 aromatic heterocycles. The van der Waals surface area contributed by atoms with Gasteiger partial charge in [0, 0.05) is 11.6 Å². The Bertz CT molecular complexity index is 501. The van der Waals surface area contributed by atoms with E-state index < -0.39 is 0 Å². The fraction of sp³-hybridized carbons (Fsp3) is 0.429. The van der Waals surface area contributed by atoms with Crippen molar-refractivity contribution in [2.75, 3.05) is 14.2 Å². The zero-order chi connectivity index (χ0) is 14.0. The van der Waals surface area contributed by atoms with E-state index in [-0.39, 0.29) is 17.9 Å². The average Bonchev–Trinajstić information content (AvgIpc) is 2.80. The van der Waals surface area contributed by atoms with Crippen LogP contribution in [0.3, 0.4) is 0 Å². The summed E-state index contributed by atoms with van der Waals surface area (Å²) in [5.41, 5.74) is 0.785. The number of ether oxygens (including phenoxy) is 2. The summed E-state index contributed by atoms with van der Waals surface area (Å²) in [5, 5.41) is 2.80. The van der Waals surface area contributed by atoms with Gasteiger partial charge in [0.1, 0.15) is 23.4 Å². The van der Waals surface area contributed by atoms with E-state index in [2.05, 4.69) is 10.3 Å². The molecule has 0 saturated carbocycles. The Morgan fingerprint density at radius 1 is 1.16 bits per heavy atom. The van der Waals surface area contributed by atoms with E-state index in [1.807, 2.05) is 26.0 Å². The van der Waals surface area contributed by atoms with E-state index in [0.717, 1.165) is 5.56 Å². The van der Waals surface area contributed by atoms with Crippen LogP contribution < -0.4 is 14.8 Å². The molecule has 1 aromatic carbocycles. The van der Waals surface area contributed by atoms with Gasteiger partial charge in [-0.1, -0.05) is 13.8 Å². The number of aliphatic imine (C=N–C) groups is 1. The van der Waals surface area contributed by atoms with Crippen molar-refractivity contribution in [3.8, 4) is 11.5 Å². The minimum atomic E-state index is -0.327. The van der Waals surface area contributed by atoms with Crippen molar-refractivity contribution in [1.82, 2.24) is 5.32 Å². The molecule has 1 amide bonds. The Labute approximate surface area is 112 Å². The molecule has 5 nitrogen and oxygen atoms in total. The molecular weight excluding hydrogens is 244 g/mol. The van der Waals surface area contributed by atoms with Crippen molar-refractivity contribution < 1.29 is 14.3 Å². The van der Waals surface area contributed by atoms with Crippen LogP contribution in [0, 0.1) is 5.92 Å². The number of nitrogens with one attached hydrogen (secondary N) is 1. The van der Waals surface area contributed by atoms with Crippen LogP contribution in [0.15, 0.2) is 23.2 Å². The van der Waals surface area contributed by atoms with Crippen LogP contribution in [0.25, 0.3) is 0 Å². The largest absolute Gasteiger partial charge is 0.497 e. The Morgan fingerprint density at radius 2 is 1.74 bits per heavy atom. The number of benzene rings is 1. The molecule has 1 aliphatic rings. The lowest BCUT2D eigenvalue weighted by Crippen LogP contribution is -2.31. The van der Waals surface area contributed by atoms with Gasteiger partial charge in [-0.2, -0.15) is 0 Å². The van der Waals surface area contributed by atoms with Crippen LogP contribution in [-0.2, 0) is 4.79 Å². The molecule has 2 rings (SSSR count). The van der Waals surface area contributed by atoms with Crippen molar-refractivity contribution in [2.24, 2.45) is 10.9 Å². The minimum absolute atomic E-state index is 0.0632. The van der Waals surface area contributed by atoms with E-state index in [0.29, 0.717) is 17.3 Å². The Morgan fingerprint density at radius 3 is 2.16 bits per heavy atom. The maximum absolute atomic E-state index is 11.8. The molecule has 1 aliphatic heterocycles. The summed E-state index contributed by atoms with van der Waals surface area (Å²) in [7, 11) is 3.18. The normalized spacial score (nSPS) is 18.3. The third kappa shape index (κ3) is 2.70. The van der Waals surface area contributed by atoms with Crippen molar-refractivity contribution >= 4 is 11.7 Å². The van der Waals surface area contributed by atoms with Gasteiger partial charge in [-0.05, 0) is 18.1 Å². The molecule has 0 radical (unpaired) electrons. The molecule has 1 heterocycles. The van der Waals surface area contributed by atoms with Crippen molar-refractivity contribution in [3.05, 3.63) is 23.8 Å². The van der Waals surface area contributed by atoms with Gasteiger partial charge in [0.25, 0.3) is 5.91 Å². The molecule has 1 unspecified atom stereocenters. The quantitative estimate of drug-likeness (QED) is 0.896. The Hall–Kier alpha value is -2.04. The zero-order valence-corrected chi connectivity index (χ0v) is 11.6. The fourth-order valence-corrected chi connectivity index (χ4v) is 1.96. The van der Waals surface area contributed by atoms with Gasteiger partial charge in [0.05, 0.1) is 14.2 Å². The number of rotatable bonds is 4. The molecule has 19 heavy (non-hydrogen) atoms. The smallest absolute Gasteiger partial charge is 0.250 e. The first-order chi connectivity index (χ1) is 9.05. The molecule has 1 atom stereocenters. The lowest BCUT2D eigenvalue weighted by atomic mass is 10.1. The van der Waals surface area contributed by atoms with Gasteiger partial charge in [-0.3, -0.25) is 9.79 Å². The second-order valence-corrected chi connectivity index (χ2v) is 4.76. The van der Waals surface area contributed by atoms with Crippen LogP contribution in [0.5, 0.6) is 11.5 Å². The lowest BCUT2D eigenvalue weighted by molar-refractivity contribution is -0.120. The van der Waals surface area contributed by atoms with Crippen LogP contribution in [-0.4, -0.2) is 32.0 Å². The van der Waals surface area contributed by atoms with E-state index >= 15 is 0 Å². The van der Waals surface area contributed by atoms with Gasteiger partial charge in [-0.25, -0.2) is 0 Å². The van der Waals surface area contributed by atoms with E-state index in [1.54, 1.807) is 20.3 Å². The highest BCUT2D eigenvalue weighted by Gasteiger charge is 2.29. The highest BCUT2D eigenvalue weighted by atomic mass is 16.5. The summed E-state index contributed by atoms with van der Waals surface area (Å²) >= 11 is 0. The molecule has 0 aliphatic carbocycles. The minimum Gasteiger partial charge on any atom is -0.497 e. The van der Waals surface area contributed by atoms with Crippen molar-refractivity contribution in [3.63, 3.8) is 0 Å². The second-order valence-electron chi connectivity index (χ2n) is 4.76. The van der Waals surface area contributed by atoms with Crippen molar-refractivity contribution in [1.29, 1.82) is 0 Å². The van der Waals surface area contributed by atoms with E-state index in [4.69, 9.17) is 9.47 Å². The number of hydrogen-bond acceptors (Lipinski definition) is 4. The monoisotopic (exact) mass is 262 g/mol. The number of amides is 1. The van der Waals surface area contributed by atoms with Gasteiger partial charge in [-0.15, -0.1) is 0 Å². The standard InChI is InChI=1S/C14H18N2O3/c1-8(2)12-14(17)16-13(15-12)9-5-10(18-3)7-11(6-9)19-4/h5-8,12H,1-4H3,(H,15,16,17). The predicted molar refractivity (Wildman–Crippen MR) is 72.9 cm³/mol. The first kappa shape index (κ1) is 13.4. The maximum atomic E-state index is 11.8. The van der Waals surface area contributed by atoms with Gasteiger partial charge in [0.15, 0.2) is 0 Å². The summed E-state index contributed by atoms with van der Waals surface area (Å²) in [6.07, 6.45) is 0. The van der Waals surface area contributed by atoms with Gasteiger partial charge in [0.2, 0.25) is 0 Å². The molecule has 1 N–H and O–H groups in total. The number of amidine groups is 1. The summed E-state index contributed by atoms with van der Waals surface area (Å²) < 4.78 is 10.4. The average molecular weight is 262 g/mol. The second kappa shape index (κ2) is 5.30. The number of carbonyl (C=O) groups excluding carboxylic acids is 1. The summed E-state index contributed by atoms with van der Waals surface area (Å²) in [6.45, 7) is 3.95. The molecule has 0 fully saturated rings. The van der Waals surface area contributed by atoms with Gasteiger partial charge < -0.3 is 14.8 Å². The molecule has 102 valence electrons. The van der Waals surface area contributed by atoms with Crippen LogP contribution >= 0.6 is 0 Å². The molecule has 1 aromatic rings. The zero-order valence-electron chi connectivity index (χ0n) is 11.6. The summed E-state index contributed by atoms with van der Waals surface area (Å²) in [6, 6.07) is 5.10. The van der Waals surface area contributed by atoms with E-state index in [1.165, 1.54) is 0 Å². The predicted octanol–water partition coefficient (Wildman–Crippen LogP) is 1.60. The van der Waals surface area contributed by atoms with E-state index in [9.17, 15) is 4.79 Å². The number of hydrogen-bond donors (Lipinski definition) is 1. The Balaban J connectivity index is 2.37. The summed E-state index contributed by atoms with van der Waals surface area (Å²) in [5.74, 6) is 2.01. The molecule has 5 heteroatoms. The molecule has 0 bridgehead atoms. The lowest BCUT2D eigenvalue weighted by Gasteiger charge is -2.08. The fourth-order valence-electron chi connectivity index (χ4n) is 1.96. The number of methoxy groups -OCH3 is 2. The molecule has 0 saturated heterocycles.